The molecule has 0 atom stereocenters. The second-order valence-corrected chi connectivity index (χ2v) is 6.16. The largest absolute Gasteiger partial charge is 0.378 e. The van der Waals surface area contributed by atoms with Crippen LogP contribution in [0, 0.1) is 0 Å². The van der Waals surface area contributed by atoms with Gasteiger partial charge in [0.25, 0.3) is 5.91 Å². The van der Waals surface area contributed by atoms with Gasteiger partial charge in [-0.05, 0) is 36.2 Å². The van der Waals surface area contributed by atoms with Crippen LogP contribution in [0.25, 0.3) is 0 Å². The monoisotopic (exact) mass is 339 g/mol. The van der Waals surface area contributed by atoms with Gasteiger partial charge in [0.2, 0.25) is 5.91 Å². The standard InChI is InChI=1S/C20H25N3O2/c1-5-15-9-6-7-12-18(15)21-19(24)14-23(4)20(25)16-10-8-11-17(13-16)22(2)3/h6-13H,5,14H2,1-4H3,(H,21,24). The smallest absolute Gasteiger partial charge is 0.254 e. The Balaban J connectivity index is 2.03. The molecule has 132 valence electrons. The van der Waals surface area contributed by atoms with Crippen LogP contribution in [0.4, 0.5) is 11.4 Å². The van der Waals surface area contributed by atoms with E-state index in [4.69, 9.17) is 0 Å². The molecule has 2 rings (SSSR count). The number of carbonyl (C=O) groups excluding carboxylic acids is 2. The van der Waals surface area contributed by atoms with E-state index in [1.54, 1.807) is 13.1 Å². The van der Waals surface area contributed by atoms with Gasteiger partial charge >= 0.3 is 0 Å². The lowest BCUT2D eigenvalue weighted by molar-refractivity contribution is -0.116. The molecule has 0 saturated carbocycles. The van der Waals surface area contributed by atoms with Crippen molar-refractivity contribution in [2.24, 2.45) is 0 Å². The number of hydrogen-bond acceptors (Lipinski definition) is 3. The molecule has 0 aliphatic heterocycles. The van der Waals surface area contributed by atoms with Crippen LogP contribution < -0.4 is 10.2 Å². The normalized spacial score (nSPS) is 10.2. The molecular weight excluding hydrogens is 314 g/mol. The zero-order valence-corrected chi connectivity index (χ0v) is 15.2. The van der Waals surface area contributed by atoms with Gasteiger partial charge in [0.1, 0.15) is 0 Å². The summed E-state index contributed by atoms with van der Waals surface area (Å²) in [5.74, 6) is -0.386. The van der Waals surface area contributed by atoms with E-state index in [2.05, 4.69) is 5.32 Å². The molecule has 0 spiro atoms. The van der Waals surface area contributed by atoms with E-state index < -0.39 is 0 Å². The third-order valence-corrected chi connectivity index (χ3v) is 4.01. The second-order valence-electron chi connectivity index (χ2n) is 6.16. The van der Waals surface area contributed by atoms with E-state index in [0.29, 0.717) is 5.56 Å². The van der Waals surface area contributed by atoms with Crippen molar-refractivity contribution < 1.29 is 9.59 Å². The van der Waals surface area contributed by atoms with Crippen LogP contribution in [0.1, 0.15) is 22.8 Å². The predicted octanol–water partition coefficient (Wildman–Crippen LogP) is 3.03. The number of anilines is 2. The van der Waals surface area contributed by atoms with Crippen LogP contribution >= 0.6 is 0 Å². The van der Waals surface area contributed by atoms with Crippen molar-refractivity contribution in [2.45, 2.75) is 13.3 Å². The molecule has 0 bridgehead atoms. The number of aryl methyl sites for hydroxylation is 1. The molecule has 2 aromatic rings. The average Bonchev–Trinajstić information content (AvgIpc) is 2.61. The van der Waals surface area contributed by atoms with Crippen molar-refractivity contribution in [3.8, 4) is 0 Å². The number of benzene rings is 2. The predicted molar refractivity (Wildman–Crippen MR) is 102 cm³/mol. The molecule has 0 fully saturated rings. The Morgan fingerprint density at radius 3 is 2.40 bits per heavy atom. The maximum absolute atomic E-state index is 12.6. The molecule has 0 unspecified atom stereocenters. The molecule has 5 nitrogen and oxygen atoms in total. The average molecular weight is 339 g/mol. The lowest BCUT2D eigenvalue weighted by Crippen LogP contribution is -2.35. The molecule has 0 saturated heterocycles. The Morgan fingerprint density at radius 2 is 1.72 bits per heavy atom. The summed E-state index contributed by atoms with van der Waals surface area (Å²) in [4.78, 5) is 28.2. The number of likely N-dealkylation sites (N-methyl/N-ethyl adjacent to an activating group) is 1. The Hall–Kier alpha value is -2.82. The fourth-order valence-corrected chi connectivity index (χ4v) is 2.56. The minimum Gasteiger partial charge on any atom is -0.378 e. The summed E-state index contributed by atoms with van der Waals surface area (Å²) in [5, 5.41) is 2.89. The molecule has 2 aromatic carbocycles. The third kappa shape index (κ3) is 4.83. The highest BCUT2D eigenvalue weighted by Crippen LogP contribution is 2.16. The first kappa shape index (κ1) is 18.5. The maximum atomic E-state index is 12.6. The molecule has 0 aliphatic rings. The lowest BCUT2D eigenvalue weighted by atomic mass is 10.1. The highest BCUT2D eigenvalue weighted by atomic mass is 16.2. The number of rotatable bonds is 6. The van der Waals surface area contributed by atoms with Crippen LogP contribution in [-0.4, -0.2) is 44.4 Å². The Kier molecular flexibility index (Phi) is 6.17. The van der Waals surface area contributed by atoms with Gasteiger partial charge in [0.05, 0.1) is 6.54 Å². The van der Waals surface area contributed by atoms with Gasteiger partial charge in [-0.1, -0.05) is 31.2 Å². The number of hydrogen-bond donors (Lipinski definition) is 1. The number of amides is 2. The van der Waals surface area contributed by atoms with Crippen molar-refractivity contribution in [1.82, 2.24) is 4.90 Å². The fourth-order valence-electron chi connectivity index (χ4n) is 2.56. The van der Waals surface area contributed by atoms with E-state index in [9.17, 15) is 9.59 Å². The van der Waals surface area contributed by atoms with E-state index in [1.165, 1.54) is 4.90 Å². The van der Waals surface area contributed by atoms with Crippen molar-refractivity contribution in [3.63, 3.8) is 0 Å². The van der Waals surface area contributed by atoms with Crippen molar-refractivity contribution in [2.75, 3.05) is 37.9 Å². The first-order chi connectivity index (χ1) is 11.9. The van der Waals surface area contributed by atoms with Gasteiger partial charge in [0, 0.05) is 38.1 Å². The van der Waals surface area contributed by atoms with E-state index >= 15 is 0 Å². The highest BCUT2D eigenvalue weighted by Gasteiger charge is 2.16. The molecule has 25 heavy (non-hydrogen) atoms. The fraction of sp³-hybridized carbons (Fsp3) is 0.300. The summed E-state index contributed by atoms with van der Waals surface area (Å²) in [6.07, 6.45) is 0.836. The number of nitrogens with one attached hydrogen (secondary N) is 1. The van der Waals surface area contributed by atoms with Crippen LogP contribution in [0.2, 0.25) is 0 Å². The summed E-state index contributed by atoms with van der Waals surface area (Å²) in [6, 6.07) is 15.0. The van der Waals surface area contributed by atoms with Crippen molar-refractivity contribution >= 4 is 23.2 Å². The van der Waals surface area contributed by atoms with E-state index in [-0.39, 0.29) is 18.4 Å². The minimum atomic E-state index is -0.208. The summed E-state index contributed by atoms with van der Waals surface area (Å²) in [5.41, 5.74) is 3.38. The highest BCUT2D eigenvalue weighted by molar-refractivity contribution is 5.99. The summed E-state index contributed by atoms with van der Waals surface area (Å²) in [7, 11) is 5.48. The van der Waals surface area contributed by atoms with Crippen molar-refractivity contribution in [1.29, 1.82) is 0 Å². The minimum absolute atomic E-state index is 0.00305. The quantitative estimate of drug-likeness (QED) is 0.880. The molecule has 0 aliphatic carbocycles. The van der Waals surface area contributed by atoms with Gasteiger partial charge < -0.3 is 15.1 Å². The molecular formula is C20H25N3O2. The topological polar surface area (TPSA) is 52.7 Å². The zero-order valence-electron chi connectivity index (χ0n) is 15.2. The molecule has 0 heterocycles. The number of nitrogens with zero attached hydrogens (tertiary/aromatic N) is 2. The van der Waals surface area contributed by atoms with Crippen LogP contribution in [0.5, 0.6) is 0 Å². The maximum Gasteiger partial charge on any atom is 0.254 e. The van der Waals surface area contributed by atoms with Crippen molar-refractivity contribution in [3.05, 3.63) is 59.7 Å². The van der Waals surface area contributed by atoms with E-state index in [0.717, 1.165) is 23.4 Å². The summed E-state index contributed by atoms with van der Waals surface area (Å²) in [6.45, 7) is 2.04. The first-order valence-corrected chi connectivity index (χ1v) is 8.33. The molecule has 2 amide bonds. The summed E-state index contributed by atoms with van der Waals surface area (Å²) < 4.78 is 0. The van der Waals surface area contributed by atoms with Gasteiger partial charge in [-0.3, -0.25) is 9.59 Å². The molecule has 5 heteroatoms. The Morgan fingerprint density at radius 1 is 1.00 bits per heavy atom. The third-order valence-electron chi connectivity index (χ3n) is 4.01. The second kappa shape index (κ2) is 8.33. The van der Waals surface area contributed by atoms with Gasteiger partial charge in [-0.25, -0.2) is 0 Å². The SMILES string of the molecule is CCc1ccccc1NC(=O)CN(C)C(=O)c1cccc(N(C)C)c1. The molecule has 0 aromatic heterocycles. The van der Waals surface area contributed by atoms with Gasteiger partial charge in [-0.2, -0.15) is 0 Å². The Bertz CT molecular complexity index is 756. The number of carbonyl (C=O) groups is 2. The van der Waals surface area contributed by atoms with Gasteiger partial charge in [-0.15, -0.1) is 0 Å². The zero-order chi connectivity index (χ0) is 18.4. The molecule has 0 radical (unpaired) electrons. The van der Waals surface area contributed by atoms with Crippen LogP contribution in [-0.2, 0) is 11.2 Å². The van der Waals surface area contributed by atoms with Gasteiger partial charge in [0.15, 0.2) is 0 Å². The van der Waals surface area contributed by atoms with Crippen LogP contribution in [0.3, 0.4) is 0 Å². The molecule has 1 N–H and O–H groups in total. The lowest BCUT2D eigenvalue weighted by Gasteiger charge is -2.19. The first-order valence-electron chi connectivity index (χ1n) is 8.33. The Labute approximate surface area is 149 Å². The summed E-state index contributed by atoms with van der Waals surface area (Å²) >= 11 is 0. The number of para-hydroxylation sites is 1. The van der Waals surface area contributed by atoms with Crippen LogP contribution in [0.15, 0.2) is 48.5 Å². The van der Waals surface area contributed by atoms with E-state index in [1.807, 2.05) is 68.4 Å².